The smallest absolute Gasteiger partial charge is 0.126 e. The van der Waals surface area contributed by atoms with Crippen molar-refractivity contribution in [2.45, 2.75) is 13.0 Å². The molecule has 0 saturated carbocycles. The Balaban J connectivity index is 1.92. The van der Waals surface area contributed by atoms with E-state index in [1.807, 2.05) is 12.1 Å². The highest BCUT2D eigenvalue weighted by Crippen LogP contribution is 2.30. The van der Waals surface area contributed by atoms with Crippen LogP contribution in [0.2, 0.25) is 0 Å². The number of aliphatic hydroxyl groups excluding tert-OH is 1. The van der Waals surface area contributed by atoms with Crippen LogP contribution in [-0.2, 0) is 0 Å². The third-order valence-electron chi connectivity index (χ3n) is 3.41. The molecule has 118 valence electrons. The molecular weight excluding hydrogens is 295 g/mol. The molecule has 1 aromatic carbocycles. The third-order valence-corrected chi connectivity index (χ3v) is 3.41. The molecule has 0 saturated heterocycles. The van der Waals surface area contributed by atoms with E-state index in [9.17, 15) is 9.50 Å². The van der Waals surface area contributed by atoms with Crippen molar-refractivity contribution in [2.75, 3.05) is 11.9 Å². The summed E-state index contributed by atoms with van der Waals surface area (Å²) in [7, 11) is 0. The van der Waals surface area contributed by atoms with E-state index in [0.717, 1.165) is 22.4 Å². The number of H-pyrrole nitrogens is 1. The number of aromatic amines is 1. The summed E-state index contributed by atoms with van der Waals surface area (Å²) in [5.41, 5.74) is 3.41. The fraction of sp³-hybridized carbons (Fsp3) is 0.176. The topological polar surface area (TPSA) is 73.8 Å². The molecule has 0 fully saturated rings. The van der Waals surface area contributed by atoms with Gasteiger partial charge in [0, 0.05) is 30.1 Å². The van der Waals surface area contributed by atoms with Crippen molar-refractivity contribution >= 4 is 5.82 Å². The van der Waals surface area contributed by atoms with E-state index in [0.29, 0.717) is 12.4 Å². The van der Waals surface area contributed by atoms with Gasteiger partial charge in [0.05, 0.1) is 11.8 Å². The Hall–Kier alpha value is -2.73. The van der Waals surface area contributed by atoms with Gasteiger partial charge in [0.15, 0.2) is 0 Å². The number of anilines is 1. The van der Waals surface area contributed by atoms with Crippen molar-refractivity contribution in [2.24, 2.45) is 0 Å². The number of pyridine rings is 1. The molecule has 0 aliphatic heterocycles. The number of hydrogen-bond acceptors (Lipinski definition) is 4. The Morgan fingerprint density at radius 2 is 2.00 bits per heavy atom. The van der Waals surface area contributed by atoms with Crippen molar-refractivity contribution in [3.8, 4) is 22.4 Å². The van der Waals surface area contributed by atoms with Gasteiger partial charge in [-0.3, -0.25) is 5.10 Å². The van der Waals surface area contributed by atoms with E-state index in [1.54, 1.807) is 31.5 Å². The zero-order valence-electron chi connectivity index (χ0n) is 12.6. The first-order valence-electron chi connectivity index (χ1n) is 7.31. The van der Waals surface area contributed by atoms with E-state index < -0.39 is 6.10 Å². The van der Waals surface area contributed by atoms with Crippen molar-refractivity contribution in [3.05, 3.63) is 54.6 Å². The molecule has 0 amide bonds. The first kappa shape index (κ1) is 15.2. The average molecular weight is 312 g/mol. The first-order chi connectivity index (χ1) is 11.1. The lowest BCUT2D eigenvalue weighted by Crippen LogP contribution is -2.15. The van der Waals surface area contributed by atoms with Crippen LogP contribution in [0.3, 0.4) is 0 Å². The van der Waals surface area contributed by atoms with Crippen LogP contribution in [-0.4, -0.2) is 32.9 Å². The number of rotatable bonds is 5. The molecule has 3 aromatic rings. The maximum atomic E-state index is 13.1. The predicted molar refractivity (Wildman–Crippen MR) is 87.4 cm³/mol. The molecule has 23 heavy (non-hydrogen) atoms. The number of hydrogen-bond donors (Lipinski definition) is 3. The monoisotopic (exact) mass is 312 g/mol. The predicted octanol–water partition coefficient (Wildman–Crippen LogP) is 3.07. The number of aliphatic hydroxyl groups is 1. The van der Waals surface area contributed by atoms with E-state index in [4.69, 9.17) is 0 Å². The van der Waals surface area contributed by atoms with Gasteiger partial charge in [0.2, 0.25) is 0 Å². The summed E-state index contributed by atoms with van der Waals surface area (Å²) in [6.45, 7) is 2.13. The zero-order valence-corrected chi connectivity index (χ0v) is 12.6. The van der Waals surface area contributed by atoms with Gasteiger partial charge in [-0.25, -0.2) is 9.37 Å². The summed E-state index contributed by atoms with van der Waals surface area (Å²) >= 11 is 0. The van der Waals surface area contributed by atoms with Crippen molar-refractivity contribution in [1.82, 2.24) is 15.2 Å². The molecule has 0 bridgehead atoms. The maximum Gasteiger partial charge on any atom is 0.126 e. The molecule has 0 spiro atoms. The Kier molecular flexibility index (Phi) is 4.34. The molecular formula is C17H17FN4O. The number of aromatic nitrogens is 3. The lowest BCUT2D eigenvalue weighted by molar-refractivity contribution is 0.208. The molecule has 0 aliphatic rings. The lowest BCUT2D eigenvalue weighted by Gasteiger charge is -2.09. The van der Waals surface area contributed by atoms with Crippen molar-refractivity contribution in [3.63, 3.8) is 0 Å². The van der Waals surface area contributed by atoms with E-state index in [1.165, 1.54) is 12.1 Å². The molecule has 1 unspecified atom stereocenters. The van der Waals surface area contributed by atoms with Crippen LogP contribution in [0.25, 0.3) is 22.4 Å². The third kappa shape index (κ3) is 3.54. The minimum absolute atomic E-state index is 0.278. The molecule has 1 atom stereocenters. The van der Waals surface area contributed by atoms with Gasteiger partial charge in [-0.15, -0.1) is 0 Å². The summed E-state index contributed by atoms with van der Waals surface area (Å²) < 4.78 is 13.1. The van der Waals surface area contributed by atoms with Crippen LogP contribution in [0.1, 0.15) is 6.92 Å². The molecule has 3 rings (SSSR count). The van der Waals surface area contributed by atoms with Gasteiger partial charge in [-0.05, 0) is 48.9 Å². The normalized spacial score (nSPS) is 12.1. The van der Waals surface area contributed by atoms with Crippen LogP contribution in [0.5, 0.6) is 0 Å². The summed E-state index contributed by atoms with van der Waals surface area (Å²) in [5, 5.41) is 19.5. The Morgan fingerprint density at radius 3 is 2.74 bits per heavy atom. The summed E-state index contributed by atoms with van der Waals surface area (Å²) in [5.74, 6) is 0.397. The number of nitrogens with one attached hydrogen (secondary N) is 2. The molecule has 0 aliphatic carbocycles. The van der Waals surface area contributed by atoms with Crippen molar-refractivity contribution < 1.29 is 9.50 Å². The second kappa shape index (κ2) is 6.58. The zero-order chi connectivity index (χ0) is 16.2. The Bertz CT molecular complexity index is 783. The first-order valence-corrected chi connectivity index (χ1v) is 7.31. The highest BCUT2D eigenvalue weighted by molar-refractivity contribution is 5.81. The van der Waals surface area contributed by atoms with E-state index in [2.05, 4.69) is 20.5 Å². The molecule has 3 N–H and O–H groups in total. The van der Waals surface area contributed by atoms with Gasteiger partial charge in [0.1, 0.15) is 11.6 Å². The standard InChI is InChI=1S/C17H17FN4O/c1-11(23)9-20-16-8-13(6-7-19-16)15-10-21-22-17(15)12-2-4-14(18)5-3-12/h2-8,10-11,23H,9H2,1H3,(H,19,20)(H,21,22). The number of nitrogens with zero attached hydrogens (tertiary/aromatic N) is 2. The van der Waals surface area contributed by atoms with Crippen LogP contribution in [0, 0.1) is 5.82 Å². The van der Waals surface area contributed by atoms with Gasteiger partial charge >= 0.3 is 0 Å². The van der Waals surface area contributed by atoms with Gasteiger partial charge < -0.3 is 10.4 Å². The van der Waals surface area contributed by atoms with Gasteiger partial charge in [0.25, 0.3) is 0 Å². The lowest BCUT2D eigenvalue weighted by atomic mass is 10.0. The van der Waals surface area contributed by atoms with Crippen LogP contribution < -0.4 is 5.32 Å². The van der Waals surface area contributed by atoms with Crippen LogP contribution in [0.4, 0.5) is 10.2 Å². The van der Waals surface area contributed by atoms with Gasteiger partial charge in [-0.1, -0.05) is 0 Å². The molecule has 6 heteroatoms. The van der Waals surface area contributed by atoms with E-state index in [-0.39, 0.29) is 5.82 Å². The SMILES string of the molecule is CC(O)CNc1cc(-c2c[nH]nc2-c2ccc(F)cc2)ccn1. The average Bonchev–Trinajstić information content (AvgIpc) is 3.03. The van der Waals surface area contributed by atoms with Gasteiger partial charge in [-0.2, -0.15) is 5.10 Å². The van der Waals surface area contributed by atoms with E-state index >= 15 is 0 Å². The van der Waals surface area contributed by atoms with Crippen molar-refractivity contribution in [1.29, 1.82) is 0 Å². The second-order valence-corrected chi connectivity index (χ2v) is 5.31. The highest BCUT2D eigenvalue weighted by atomic mass is 19.1. The Morgan fingerprint density at radius 1 is 1.22 bits per heavy atom. The van der Waals surface area contributed by atoms with Crippen LogP contribution in [0.15, 0.2) is 48.8 Å². The molecule has 5 nitrogen and oxygen atoms in total. The van der Waals surface area contributed by atoms with Crippen LogP contribution >= 0.6 is 0 Å². The molecule has 2 heterocycles. The second-order valence-electron chi connectivity index (χ2n) is 5.31. The fourth-order valence-corrected chi connectivity index (χ4v) is 2.28. The number of halogens is 1. The minimum atomic E-state index is -0.454. The minimum Gasteiger partial charge on any atom is -0.392 e. The number of benzene rings is 1. The Labute approximate surface area is 133 Å². The quantitative estimate of drug-likeness (QED) is 0.677. The molecule has 0 radical (unpaired) electrons. The highest BCUT2D eigenvalue weighted by Gasteiger charge is 2.11. The summed E-state index contributed by atoms with van der Waals surface area (Å²) in [4.78, 5) is 4.23. The molecule has 2 aromatic heterocycles. The largest absolute Gasteiger partial charge is 0.392 e. The summed E-state index contributed by atoms with van der Waals surface area (Å²) in [6, 6.07) is 9.99. The maximum absolute atomic E-state index is 13.1. The summed E-state index contributed by atoms with van der Waals surface area (Å²) in [6.07, 6.45) is 3.04. The fourth-order valence-electron chi connectivity index (χ4n) is 2.28.